The lowest BCUT2D eigenvalue weighted by atomic mass is 10.8. The highest BCUT2D eigenvalue weighted by Crippen LogP contribution is 1.53. The van der Waals surface area contributed by atoms with Gasteiger partial charge in [0.05, 0.1) is 0 Å². The molecule has 0 heterocycles. The van der Waals surface area contributed by atoms with Crippen LogP contribution in [0.2, 0.25) is 0 Å². The summed E-state index contributed by atoms with van der Waals surface area (Å²) < 4.78 is 1.10. The Morgan fingerprint density at radius 2 is 1.25 bits per heavy atom. The van der Waals surface area contributed by atoms with Crippen molar-refractivity contribution in [3.05, 3.63) is 10.4 Å². The summed E-state index contributed by atoms with van der Waals surface area (Å²) in [4.78, 5) is 0. The summed E-state index contributed by atoms with van der Waals surface area (Å²) in [6.07, 6.45) is 2.26. The predicted octanol–water partition coefficient (Wildman–Crippen LogP) is -0.592. The summed E-state index contributed by atoms with van der Waals surface area (Å²) in [7, 11) is 2.61. The summed E-state index contributed by atoms with van der Waals surface area (Å²) >= 11 is 0. The third kappa shape index (κ3) is 4.94. The summed E-state index contributed by atoms with van der Waals surface area (Å²) in [6.45, 7) is 0. The highest BCUT2D eigenvalue weighted by atomic mass is 16.5. The molecule has 0 N–H and O–H groups in total. The van der Waals surface area contributed by atoms with E-state index in [1.807, 2.05) is 0 Å². The van der Waals surface area contributed by atoms with Gasteiger partial charge in [-0.2, -0.15) is 0 Å². The monoisotopic (exact) mass is 116 g/mol. The van der Waals surface area contributed by atoms with Crippen LogP contribution >= 0.6 is 0 Å². The van der Waals surface area contributed by atoms with Gasteiger partial charge in [-0.05, 0) is 0 Å². The molecular weight excluding hydrogens is 108 g/mol. The van der Waals surface area contributed by atoms with Crippen molar-refractivity contribution in [1.29, 1.82) is 0 Å². The molecule has 0 spiro atoms. The van der Waals surface area contributed by atoms with E-state index in [2.05, 4.69) is 0 Å². The van der Waals surface area contributed by atoms with E-state index in [-0.39, 0.29) is 0 Å². The van der Waals surface area contributed by atoms with Gasteiger partial charge in [-0.3, -0.25) is 0 Å². The molecule has 0 aromatic rings. The zero-order chi connectivity index (χ0) is 6.57. The maximum absolute atomic E-state index is 10.0. The molecule has 0 atom stereocenters. The summed E-state index contributed by atoms with van der Waals surface area (Å²) in [5, 5.41) is 20.0. The molecule has 0 aliphatic rings. The van der Waals surface area contributed by atoms with E-state index < -0.39 is 0 Å². The van der Waals surface area contributed by atoms with Gasteiger partial charge in [-0.25, -0.2) is 9.48 Å². The van der Waals surface area contributed by atoms with Crippen LogP contribution in [-0.2, 0) is 0 Å². The van der Waals surface area contributed by atoms with Gasteiger partial charge in [0, 0.05) is 0 Å². The topological polar surface area (TPSA) is 52.1 Å². The second kappa shape index (κ2) is 3.01. The molecule has 0 rings (SSSR count). The normalized spacial score (nSPS) is 14.2. The first-order chi connectivity index (χ1) is 3.63. The number of rotatable bonds is 1. The zero-order valence-corrected chi connectivity index (χ0v) is 4.87. The minimum absolute atomic E-state index is 0.550. The van der Waals surface area contributed by atoms with E-state index in [1.165, 1.54) is 14.1 Å². The van der Waals surface area contributed by atoms with Crippen LogP contribution in [0.3, 0.4) is 0 Å². The van der Waals surface area contributed by atoms with Crippen molar-refractivity contribution in [3.8, 4) is 0 Å². The second-order valence-electron chi connectivity index (χ2n) is 1.39. The smallest absolute Gasteiger partial charge is 0.239 e. The third-order valence-electron chi connectivity index (χ3n) is 0.487. The lowest BCUT2D eigenvalue weighted by Crippen LogP contribution is -2.03. The maximum Gasteiger partial charge on any atom is 0.239 e. The Morgan fingerprint density at radius 1 is 1.00 bits per heavy atom. The fraction of sp³-hybridized carbons (Fsp3) is 0.500. The molecule has 0 amide bonds. The fourth-order valence-electron chi connectivity index (χ4n) is 0.188. The summed E-state index contributed by atoms with van der Waals surface area (Å²) in [6, 6.07) is 0. The molecule has 0 fully saturated rings. The van der Waals surface area contributed by atoms with Crippen molar-refractivity contribution >= 4 is 12.4 Å². The van der Waals surface area contributed by atoms with Crippen molar-refractivity contribution in [2.75, 3.05) is 14.1 Å². The highest BCUT2D eigenvalue weighted by molar-refractivity contribution is 6.10. The van der Waals surface area contributed by atoms with E-state index in [1.54, 1.807) is 0 Å². The number of hydroxylamine groups is 2. The van der Waals surface area contributed by atoms with Gasteiger partial charge in [0.1, 0.15) is 14.1 Å². The minimum Gasteiger partial charge on any atom is -0.624 e. The first kappa shape index (κ1) is 6.94. The van der Waals surface area contributed by atoms with E-state index >= 15 is 0 Å². The lowest BCUT2D eigenvalue weighted by molar-refractivity contribution is -0.430. The van der Waals surface area contributed by atoms with E-state index in [9.17, 15) is 10.4 Å². The minimum atomic E-state index is 0.550. The summed E-state index contributed by atoms with van der Waals surface area (Å²) in [5.41, 5.74) is 0. The molecule has 0 aliphatic carbocycles. The molecule has 0 saturated heterocycles. The highest BCUT2D eigenvalue weighted by Gasteiger charge is 1.77. The molecule has 8 heavy (non-hydrogen) atoms. The van der Waals surface area contributed by atoms with Crippen LogP contribution in [0.1, 0.15) is 0 Å². The van der Waals surface area contributed by atoms with Gasteiger partial charge in [-0.15, -0.1) is 0 Å². The average Bonchev–Trinajstić information content (AvgIpc) is 1.61. The molecule has 4 nitrogen and oxygen atoms in total. The Morgan fingerprint density at radius 3 is 1.38 bits per heavy atom. The number of hydrogen-bond donors (Lipinski definition) is 0. The molecule has 0 saturated carbocycles. The SMILES string of the molecule is C/[N+]([O-])=C/C=[N+](\C)[O-]. The van der Waals surface area contributed by atoms with E-state index in [0.717, 1.165) is 12.4 Å². The van der Waals surface area contributed by atoms with Gasteiger partial charge in [-0.1, -0.05) is 0 Å². The molecule has 46 valence electrons. The molecule has 0 unspecified atom stereocenters. The number of nitrogens with zero attached hydrogens (tertiary/aromatic N) is 2. The molecule has 0 radical (unpaired) electrons. The van der Waals surface area contributed by atoms with Crippen LogP contribution < -0.4 is 0 Å². The Kier molecular flexibility index (Phi) is 2.61. The van der Waals surface area contributed by atoms with Crippen molar-refractivity contribution in [1.82, 2.24) is 0 Å². The molecule has 0 aliphatic heterocycles. The van der Waals surface area contributed by atoms with E-state index in [4.69, 9.17) is 0 Å². The van der Waals surface area contributed by atoms with Crippen molar-refractivity contribution in [3.63, 3.8) is 0 Å². The van der Waals surface area contributed by atoms with Gasteiger partial charge in [0.2, 0.25) is 12.4 Å². The molecular formula is C4H8N2O2. The lowest BCUT2D eigenvalue weighted by Gasteiger charge is -1.91. The van der Waals surface area contributed by atoms with Crippen LogP contribution in [0.25, 0.3) is 0 Å². The Balaban J connectivity index is 3.76. The zero-order valence-electron chi connectivity index (χ0n) is 4.87. The van der Waals surface area contributed by atoms with Gasteiger partial charge >= 0.3 is 0 Å². The van der Waals surface area contributed by atoms with Gasteiger partial charge in [0.15, 0.2) is 0 Å². The Labute approximate surface area is 47.5 Å². The Hall–Kier alpha value is -1.06. The fourth-order valence-corrected chi connectivity index (χ4v) is 0.188. The standard InChI is InChI=1S/C4H8N2O2/c1-5(7)3-4-6(2)8/h3-4H,1-2H3/b5-3-,6-4+. The van der Waals surface area contributed by atoms with Crippen molar-refractivity contribution in [2.45, 2.75) is 0 Å². The van der Waals surface area contributed by atoms with Crippen LogP contribution in [0.5, 0.6) is 0 Å². The molecule has 4 heteroatoms. The quantitative estimate of drug-likeness (QED) is 0.199. The first-order valence-electron chi connectivity index (χ1n) is 2.11. The van der Waals surface area contributed by atoms with Gasteiger partial charge < -0.3 is 10.4 Å². The Bertz CT molecular complexity index is 104. The van der Waals surface area contributed by atoms with Crippen LogP contribution in [0, 0.1) is 10.4 Å². The van der Waals surface area contributed by atoms with Crippen molar-refractivity contribution in [2.24, 2.45) is 0 Å². The summed E-state index contributed by atoms with van der Waals surface area (Å²) in [5.74, 6) is 0. The van der Waals surface area contributed by atoms with Crippen LogP contribution in [0.15, 0.2) is 0 Å². The van der Waals surface area contributed by atoms with Crippen molar-refractivity contribution < 1.29 is 9.48 Å². The number of hydrogen-bond acceptors (Lipinski definition) is 2. The molecule has 0 aromatic carbocycles. The molecule has 0 aromatic heterocycles. The first-order valence-corrected chi connectivity index (χ1v) is 2.11. The van der Waals surface area contributed by atoms with Crippen LogP contribution in [0.4, 0.5) is 0 Å². The van der Waals surface area contributed by atoms with E-state index in [0.29, 0.717) is 9.48 Å². The predicted molar refractivity (Wildman–Crippen MR) is 31.2 cm³/mol. The maximum atomic E-state index is 10.0. The second-order valence-corrected chi connectivity index (χ2v) is 1.39. The average molecular weight is 116 g/mol. The van der Waals surface area contributed by atoms with Crippen LogP contribution in [-0.4, -0.2) is 36.0 Å². The molecule has 0 bridgehead atoms. The van der Waals surface area contributed by atoms with Gasteiger partial charge in [0.25, 0.3) is 0 Å². The third-order valence-corrected chi connectivity index (χ3v) is 0.487. The largest absolute Gasteiger partial charge is 0.624 e.